The number of carbonyl (C=O) groups is 5. The molecule has 0 aromatic heterocycles. The summed E-state index contributed by atoms with van der Waals surface area (Å²) in [5.74, 6) is -6.81. The van der Waals surface area contributed by atoms with Crippen LogP contribution >= 0.6 is 0 Å². The smallest absolute Gasteiger partial charge is 0.331 e. The molecule has 6 N–H and O–H groups in total. The van der Waals surface area contributed by atoms with Gasteiger partial charge in [0.1, 0.15) is 24.9 Å². The molecule has 2 fully saturated rings. The van der Waals surface area contributed by atoms with E-state index >= 15 is 0 Å². The fourth-order valence-corrected chi connectivity index (χ4v) is 5.57. The lowest BCUT2D eigenvalue weighted by Gasteiger charge is -2.47. The second-order valence-corrected chi connectivity index (χ2v) is 12.1. The number of hydrogen-bond donors (Lipinski definition) is 6. The van der Waals surface area contributed by atoms with Crippen molar-refractivity contribution >= 4 is 35.7 Å². The number of rotatable bonds is 13. The molecule has 294 valence electrons. The third kappa shape index (κ3) is 10.4. The minimum atomic E-state index is -2.02. The number of Topliss-reactive ketones (excluding diaryl/α,β-unsaturated/α-hetero) is 1. The molecule has 54 heavy (non-hydrogen) atoms. The number of phenolic OH excluding ortho intramolecular Hbond substituents is 4. The molecule has 10 atom stereocenters. The van der Waals surface area contributed by atoms with E-state index in [4.69, 9.17) is 39.3 Å². The van der Waals surface area contributed by atoms with Crippen LogP contribution in [0.4, 0.5) is 0 Å². The molecular weight excluding hydrogens is 724 g/mol. The van der Waals surface area contributed by atoms with Gasteiger partial charge in [-0.05, 0) is 48.9 Å². The molecule has 0 spiro atoms. The molecule has 4 rings (SSSR count). The second-order valence-electron chi connectivity index (χ2n) is 12.1. The number of aliphatic hydroxyl groups is 2. The zero-order valence-corrected chi connectivity index (χ0v) is 29.2. The van der Waals surface area contributed by atoms with Crippen LogP contribution in [0.25, 0.3) is 6.05 Å². The molecule has 1 unspecified atom stereocenters. The Morgan fingerprint density at radius 3 is 1.93 bits per heavy atom. The van der Waals surface area contributed by atoms with Gasteiger partial charge in [-0.1, -0.05) is 6.07 Å². The van der Waals surface area contributed by atoms with Crippen molar-refractivity contribution in [2.75, 3.05) is 13.2 Å². The lowest BCUT2D eigenvalue weighted by atomic mass is 9.96. The number of benzene rings is 2. The molecule has 0 radical (unpaired) electrons. The van der Waals surface area contributed by atoms with Crippen molar-refractivity contribution in [2.45, 2.75) is 89.1 Å². The monoisotopic (exact) mass is 765 g/mol. The third-order valence-corrected chi connectivity index (χ3v) is 7.98. The van der Waals surface area contributed by atoms with E-state index in [9.17, 15) is 54.6 Å². The normalized spacial score (nSPS) is 28.6. The number of esters is 4. The van der Waals surface area contributed by atoms with Crippen molar-refractivity contribution in [3.05, 3.63) is 53.6 Å². The Kier molecular flexibility index (Phi) is 13.4. The van der Waals surface area contributed by atoms with Gasteiger partial charge in [0.15, 0.2) is 65.8 Å². The number of aliphatic hydroxyl groups excluding tert-OH is 2. The number of ketones is 1. The summed E-state index contributed by atoms with van der Waals surface area (Å²) in [6.07, 6.45) is -15.9. The Labute approximate surface area is 308 Å². The fourth-order valence-electron chi connectivity index (χ4n) is 5.57. The van der Waals surface area contributed by atoms with Gasteiger partial charge in [0.25, 0.3) is 0 Å². The van der Waals surface area contributed by atoms with E-state index in [1.165, 1.54) is 19.1 Å². The molecule has 2 aliphatic heterocycles. The number of carbonyl (C=O) groups excluding carboxylic acids is 5. The highest BCUT2D eigenvalue weighted by molar-refractivity contribution is 5.97. The summed E-state index contributed by atoms with van der Waals surface area (Å²) in [4.78, 5) is 62.5. The molecule has 19 heteroatoms. The first kappa shape index (κ1) is 39.9. The topological polar surface area (TPSA) is 281 Å². The number of hydrogen-bond acceptors (Lipinski definition) is 19. The van der Waals surface area contributed by atoms with Crippen molar-refractivity contribution in [2.24, 2.45) is 0 Å². The van der Waals surface area contributed by atoms with Gasteiger partial charge in [0.05, 0.1) is 14.1 Å². The van der Waals surface area contributed by atoms with Crippen molar-refractivity contribution in [3.8, 4) is 23.0 Å². The Morgan fingerprint density at radius 2 is 1.33 bits per heavy atom. The van der Waals surface area contributed by atoms with Crippen LogP contribution < -0.4 is 0 Å². The lowest BCUT2D eigenvalue weighted by molar-refractivity contribution is -0.357. The van der Waals surface area contributed by atoms with Crippen molar-refractivity contribution < 1.29 is 93.9 Å². The van der Waals surface area contributed by atoms with Crippen LogP contribution in [0.1, 0.15) is 45.0 Å². The number of ether oxygens (including phenoxy) is 8. The van der Waals surface area contributed by atoms with Gasteiger partial charge >= 0.3 is 23.9 Å². The maximum absolute atomic E-state index is 13.2. The molecule has 0 saturated carbocycles. The van der Waals surface area contributed by atoms with Gasteiger partial charge in [-0.15, -0.1) is 0 Å². The Morgan fingerprint density at radius 1 is 0.741 bits per heavy atom. The summed E-state index contributed by atoms with van der Waals surface area (Å²) < 4.78 is 53.1. The summed E-state index contributed by atoms with van der Waals surface area (Å²) in [5.41, 5.74) is -0.127. The van der Waals surface area contributed by atoms with Crippen LogP contribution in [0.5, 0.6) is 23.0 Å². The summed E-state index contributed by atoms with van der Waals surface area (Å²) in [6.45, 7) is 2.77. The molecule has 2 heterocycles. The van der Waals surface area contributed by atoms with Crippen LogP contribution in [0.3, 0.4) is 0 Å². The van der Waals surface area contributed by atoms with Crippen LogP contribution in [0, 0.1) is 0 Å². The van der Waals surface area contributed by atoms with Gasteiger partial charge in [0.2, 0.25) is 0 Å². The van der Waals surface area contributed by atoms with Crippen LogP contribution in [-0.2, 0) is 57.1 Å². The van der Waals surface area contributed by atoms with E-state index in [2.05, 4.69) is 0 Å². The van der Waals surface area contributed by atoms with Gasteiger partial charge in [-0.2, -0.15) is 0 Å². The number of phenols is 4. The zero-order valence-electron chi connectivity index (χ0n) is 30.2. The molecule has 0 bridgehead atoms. The molecule has 0 amide bonds. The molecule has 19 nitrogen and oxygen atoms in total. The molecule has 2 aromatic carbocycles. The van der Waals surface area contributed by atoms with E-state index in [0.717, 1.165) is 45.0 Å². The zero-order chi connectivity index (χ0) is 40.7. The average Bonchev–Trinajstić information content (AvgIpc) is 3.10. The highest BCUT2D eigenvalue weighted by atomic mass is 16.8. The quantitative estimate of drug-likeness (QED) is 0.0527. The van der Waals surface area contributed by atoms with Crippen LogP contribution in [-0.4, -0.2) is 135 Å². The standard InChI is InChI=1S/C35H40O19/c1-15-29(49-16(2)37)32(50-17(3)38)33(51-18(4)39)35(48-15)54-31-28(46)34(47-14-25(44)20-7-9-22(41)24(43)12-20)52-26(13-36)30(31)53-27(45)10-6-19-5-8-21(40)23(42)11-19/h5-12,15,26,28-36,40-43,46H,13-14H2,1-4H3/b10-6+/t15-,26+,28+,29-,30+,31+,32+,33+,34?,35-/m0/s1/i6D. The SMILES string of the molecule is [2H]/C(=C\C(=O)O[C@H]1[C@H](O[C@@H]2O[C@@H](C)[C@H](OC(C)=O)[C@@H](OC(C)=O)[C@H]2OC(C)=O)[C@@H](O)C(OCC(=O)c2ccc(O)c(O)c2)O[C@@H]1CO)c1ccc(O)c(O)c1. The maximum atomic E-state index is 13.2. The van der Waals surface area contributed by atoms with E-state index < -0.39 is 133 Å². The maximum Gasteiger partial charge on any atom is 0.331 e. The minimum absolute atomic E-state index is 0.0218. The Balaban J connectivity index is 1.70. The van der Waals surface area contributed by atoms with Gasteiger partial charge in [-0.25, -0.2) is 4.79 Å². The summed E-state index contributed by atoms with van der Waals surface area (Å²) in [6, 6.07) is 5.99. The fraction of sp³-hybridized carbons (Fsp3) is 0.457. The van der Waals surface area contributed by atoms with E-state index in [0.29, 0.717) is 6.08 Å². The van der Waals surface area contributed by atoms with Crippen molar-refractivity contribution in [1.29, 1.82) is 0 Å². The average molecular weight is 766 g/mol. The van der Waals surface area contributed by atoms with Gasteiger partial charge < -0.3 is 68.5 Å². The second kappa shape index (κ2) is 18.1. The molecule has 2 aromatic rings. The lowest BCUT2D eigenvalue weighted by Crippen LogP contribution is -2.66. The largest absolute Gasteiger partial charge is 0.504 e. The first-order valence-electron chi connectivity index (χ1n) is 16.7. The van der Waals surface area contributed by atoms with Crippen LogP contribution in [0.15, 0.2) is 42.5 Å². The van der Waals surface area contributed by atoms with Crippen molar-refractivity contribution in [3.63, 3.8) is 0 Å². The van der Waals surface area contributed by atoms with Crippen molar-refractivity contribution in [1.82, 2.24) is 0 Å². The highest BCUT2D eigenvalue weighted by Crippen LogP contribution is 2.35. The number of aromatic hydroxyl groups is 4. The first-order valence-corrected chi connectivity index (χ1v) is 16.2. The molecule has 2 aliphatic rings. The Bertz CT molecular complexity index is 1780. The molecular formula is C35H40O19. The summed E-state index contributed by atoms with van der Waals surface area (Å²) in [5, 5.41) is 60.8. The molecule has 0 aliphatic carbocycles. The van der Waals surface area contributed by atoms with E-state index in [1.54, 1.807) is 0 Å². The predicted octanol–water partition coefficient (Wildman–Crippen LogP) is 0.337. The Hall–Kier alpha value is -5.31. The van der Waals surface area contributed by atoms with Gasteiger partial charge in [-0.3, -0.25) is 19.2 Å². The minimum Gasteiger partial charge on any atom is -0.504 e. The van der Waals surface area contributed by atoms with E-state index in [1.807, 2.05) is 0 Å². The predicted molar refractivity (Wildman–Crippen MR) is 176 cm³/mol. The summed E-state index contributed by atoms with van der Waals surface area (Å²) in [7, 11) is 0. The highest BCUT2D eigenvalue weighted by Gasteiger charge is 2.55. The first-order chi connectivity index (χ1) is 25.9. The van der Waals surface area contributed by atoms with E-state index in [-0.39, 0.29) is 11.1 Å². The molecule has 2 saturated heterocycles. The van der Waals surface area contributed by atoms with Gasteiger partial charge in [0, 0.05) is 32.4 Å². The third-order valence-electron chi connectivity index (χ3n) is 7.98. The van der Waals surface area contributed by atoms with Crippen LogP contribution in [0.2, 0.25) is 0 Å². The summed E-state index contributed by atoms with van der Waals surface area (Å²) >= 11 is 0.